The Balaban J connectivity index is 1.78. The van der Waals surface area contributed by atoms with Crippen LogP contribution in [-0.4, -0.2) is 23.9 Å². The number of ether oxygens (including phenoxy) is 1. The number of benzene rings is 2. The van der Waals surface area contributed by atoms with Gasteiger partial charge in [-0.15, -0.1) is 0 Å². The van der Waals surface area contributed by atoms with Gasteiger partial charge in [0.25, 0.3) is 11.8 Å². The van der Waals surface area contributed by atoms with Crippen LogP contribution >= 0.6 is 0 Å². The van der Waals surface area contributed by atoms with E-state index in [1.54, 1.807) is 30.3 Å². The van der Waals surface area contributed by atoms with Crippen LogP contribution in [0.25, 0.3) is 0 Å². The quantitative estimate of drug-likeness (QED) is 0.643. The molecule has 130 valence electrons. The van der Waals surface area contributed by atoms with Gasteiger partial charge in [-0.05, 0) is 31.5 Å². The molecule has 2 aromatic rings. The number of hydrogen-bond acceptors (Lipinski definition) is 4. The largest absolute Gasteiger partial charge is 0.452 e. The summed E-state index contributed by atoms with van der Waals surface area (Å²) >= 11 is 0. The first-order chi connectivity index (χ1) is 12.0. The molecule has 2 amide bonds. The maximum Gasteiger partial charge on any atom is 0.311 e. The van der Waals surface area contributed by atoms with Crippen LogP contribution in [0.4, 0.5) is 0 Å². The van der Waals surface area contributed by atoms with Crippen LogP contribution in [0.15, 0.2) is 54.6 Å². The van der Waals surface area contributed by atoms with E-state index in [2.05, 4.69) is 10.9 Å². The van der Waals surface area contributed by atoms with Gasteiger partial charge in [0, 0.05) is 5.56 Å². The molecule has 2 rings (SSSR count). The Labute approximate surface area is 146 Å². The normalized spacial score (nSPS) is 11.3. The van der Waals surface area contributed by atoms with E-state index in [-0.39, 0.29) is 6.42 Å². The average Bonchev–Trinajstić information content (AvgIpc) is 2.62. The molecule has 0 spiro atoms. The molecule has 2 N–H and O–H groups in total. The molecule has 2 aromatic carbocycles. The number of esters is 1. The molecule has 0 saturated carbocycles. The molecule has 0 aliphatic carbocycles. The van der Waals surface area contributed by atoms with Crippen LogP contribution in [0.1, 0.15) is 28.4 Å². The number of nitrogens with one attached hydrogen (secondary N) is 2. The number of aryl methyl sites for hydroxylation is 1. The monoisotopic (exact) mass is 340 g/mol. The summed E-state index contributed by atoms with van der Waals surface area (Å²) in [7, 11) is 0. The standard InChI is InChI=1S/C19H20N2O4/c1-13-8-10-15(11-9-13)12-17(22)25-14(2)18(23)20-21-19(24)16-6-4-3-5-7-16/h3-11,14H,12H2,1-2H3,(H,20,23)(H,21,24)/t14-/m0/s1. The highest BCUT2D eigenvalue weighted by molar-refractivity contribution is 5.95. The third-order valence-corrected chi connectivity index (χ3v) is 3.48. The van der Waals surface area contributed by atoms with Crippen molar-refractivity contribution < 1.29 is 19.1 Å². The number of hydrazine groups is 1. The lowest BCUT2D eigenvalue weighted by atomic mass is 10.1. The summed E-state index contributed by atoms with van der Waals surface area (Å²) in [6, 6.07) is 15.9. The first kappa shape index (κ1) is 18.2. The minimum atomic E-state index is -1.02. The van der Waals surface area contributed by atoms with Crippen LogP contribution in [0, 0.1) is 6.92 Å². The summed E-state index contributed by atoms with van der Waals surface area (Å²) in [5.74, 6) is -1.57. The highest BCUT2D eigenvalue weighted by Crippen LogP contribution is 2.06. The zero-order chi connectivity index (χ0) is 18.2. The van der Waals surface area contributed by atoms with Crippen molar-refractivity contribution in [2.24, 2.45) is 0 Å². The fourth-order valence-electron chi connectivity index (χ4n) is 2.05. The van der Waals surface area contributed by atoms with Gasteiger partial charge in [0.2, 0.25) is 0 Å². The molecule has 25 heavy (non-hydrogen) atoms. The Kier molecular flexibility index (Phi) is 6.28. The molecule has 0 aromatic heterocycles. The van der Waals surface area contributed by atoms with Crippen LogP contribution in [0.3, 0.4) is 0 Å². The highest BCUT2D eigenvalue weighted by Gasteiger charge is 2.18. The van der Waals surface area contributed by atoms with Crippen molar-refractivity contribution in [3.63, 3.8) is 0 Å². The summed E-state index contributed by atoms with van der Waals surface area (Å²) in [5.41, 5.74) is 6.83. The van der Waals surface area contributed by atoms with Crippen molar-refractivity contribution in [1.29, 1.82) is 0 Å². The molecule has 6 nitrogen and oxygen atoms in total. The number of amides is 2. The second kappa shape index (κ2) is 8.63. The predicted molar refractivity (Wildman–Crippen MR) is 92.5 cm³/mol. The smallest absolute Gasteiger partial charge is 0.311 e. The summed E-state index contributed by atoms with van der Waals surface area (Å²) in [6.07, 6.45) is -0.942. The number of rotatable bonds is 5. The second-order valence-electron chi connectivity index (χ2n) is 5.60. The van der Waals surface area contributed by atoms with Gasteiger partial charge >= 0.3 is 5.97 Å². The molecule has 0 bridgehead atoms. The van der Waals surface area contributed by atoms with Gasteiger partial charge in [0.1, 0.15) is 0 Å². The maximum absolute atomic E-state index is 11.9. The van der Waals surface area contributed by atoms with Gasteiger partial charge < -0.3 is 4.74 Å². The van der Waals surface area contributed by atoms with Gasteiger partial charge in [0.15, 0.2) is 6.10 Å². The maximum atomic E-state index is 11.9. The Morgan fingerprint density at radius 1 is 0.960 bits per heavy atom. The Hall–Kier alpha value is -3.15. The Morgan fingerprint density at radius 2 is 1.60 bits per heavy atom. The van der Waals surface area contributed by atoms with E-state index < -0.39 is 23.9 Å². The van der Waals surface area contributed by atoms with Gasteiger partial charge in [-0.25, -0.2) is 0 Å². The third-order valence-electron chi connectivity index (χ3n) is 3.48. The van der Waals surface area contributed by atoms with Crippen LogP contribution in [0.5, 0.6) is 0 Å². The van der Waals surface area contributed by atoms with Gasteiger partial charge in [-0.1, -0.05) is 48.0 Å². The van der Waals surface area contributed by atoms with Crippen LogP contribution < -0.4 is 10.9 Å². The number of hydrogen-bond donors (Lipinski definition) is 2. The van der Waals surface area contributed by atoms with E-state index >= 15 is 0 Å². The van der Waals surface area contributed by atoms with E-state index in [1.807, 2.05) is 31.2 Å². The lowest BCUT2D eigenvalue weighted by Crippen LogP contribution is -2.46. The summed E-state index contributed by atoms with van der Waals surface area (Å²) in [4.78, 5) is 35.6. The fraction of sp³-hybridized carbons (Fsp3) is 0.211. The van der Waals surface area contributed by atoms with E-state index in [0.717, 1.165) is 11.1 Å². The molecule has 0 saturated heterocycles. The topological polar surface area (TPSA) is 84.5 Å². The van der Waals surface area contributed by atoms with Gasteiger partial charge in [0.05, 0.1) is 6.42 Å². The summed E-state index contributed by atoms with van der Waals surface area (Å²) in [6.45, 7) is 3.40. The summed E-state index contributed by atoms with van der Waals surface area (Å²) in [5, 5.41) is 0. The summed E-state index contributed by atoms with van der Waals surface area (Å²) < 4.78 is 5.08. The molecule has 6 heteroatoms. The van der Waals surface area contributed by atoms with E-state index in [4.69, 9.17) is 4.74 Å². The van der Waals surface area contributed by atoms with Crippen molar-refractivity contribution in [2.75, 3.05) is 0 Å². The minimum Gasteiger partial charge on any atom is -0.452 e. The van der Waals surface area contributed by atoms with Crippen molar-refractivity contribution in [1.82, 2.24) is 10.9 Å². The van der Waals surface area contributed by atoms with Gasteiger partial charge in [-0.3, -0.25) is 25.2 Å². The van der Waals surface area contributed by atoms with Crippen LogP contribution in [-0.2, 0) is 20.7 Å². The first-order valence-electron chi connectivity index (χ1n) is 7.86. The average molecular weight is 340 g/mol. The third kappa shape index (κ3) is 5.76. The van der Waals surface area contributed by atoms with Crippen molar-refractivity contribution in [3.8, 4) is 0 Å². The van der Waals surface area contributed by atoms with Crippen molar-refractivity contribution in [2.45, 2.75) is 26.4 Å². The van der Waals surface area contributed by atoms with Crippen molar-refractivity contribution in [3.05, 3.63) is 71.3 Å². The molecule has 1 atom stereocenters. The molecular formula is C19H20N2O4. The SMILES string of the molecule is Cc1ccc(CC(=O)O[C@@H](C)C(=O)NNC(=O)c2ccccc2)cc1. The molecule has 0 unspecified atom stereocenters. The van der Waals surface area contributed by atoms with E-state index in [9.17, 15) is 14.4 Å². The second-order valence-corrected chi connectivity index (χ2v) is 5.60. The molecule has 0 fully saturated rings. The highest BCUT2D eigenvalue weighted by atomic mass is 16.5. The lowest BCUT2D eigenvalue weighted by Gasteiger charge is -2.14. The lowest BCUT2D eigenvalue weighted by molar-refractivity contribution is -0.154. The predicted octanol–water partition coefficient (Wildman–Crippen LogP) is 1.93. The van der Waals surface area contributed by atoms with Crippen molar-refractivity contribution >= 4 is 17.8 Å². The Bertz CT molecular complexity index is 742. The molecule has 0 aliphatic rings. The molecule has 0 radical (unpaired) electrons. The zero-order valence-corrected chi connectivity index (χ0v) is 14.1. The van der Waals surface area contributed by atoms with Crippen LogP contribution in [0.2, 0.25) is 0 Å². The van der Waals surface area contributed by atoms with Gasteiger partial charge in [-0.2, -0.15) is 0 Å². The Morgan fingerprint density at radius 3 is 2.24 bits per heavy atom. The first-order valence-corrected chi connectivity index (χ1v) is 7.86. The minimum absolute atomic E-state index is 0.0777. The van der Waals surface area contributed by atoms with E-state index in [0.29, 0.717) is 5.56 Å². The molecule has 0 heterocycles. The fourth-order valence-corrected chi connectivity index (χ4v) is 2.05. The molecular weight excluding hydrogens is 320 g/mol. The molecule has 0 aliphatic heterocycles. The van der Waals surface area contributed by atoms with E-state index in [1.165, 1.54) is 6.92 Å². The number of carbonyl (C=O) groups is 3. The zero-order valence-electron chi connectivity index (χ0n) is 14.1. The number of carbonyl (C=O) groups excluding carboxylic acids is 3.